The minimum atomic E-state index is 0.518. The van der Waals surface area contributed by atoms with E-state index in [1.807, 2.05) is 72.8 Å². The van der Waals surface area contributed by atoms with Crippen molar-refractivity contribution in [1.82, 2.24) is 0 Å². The second-order valence-corrected chi connectivity index (χ2v) is 5.30. The summed E-state index contributed by atoms with van der Waals surface area (Å²) in [4.78, 5) is 0. The molecule has 3 heteroatoms. The number of nitrogens with two attached hydrogens (primary N) is 1. The Labute approximate surface area is 136 Å². The van der Waals surface area contributed by atoms with E-state index in [0.29, 0.717) is 6.61 Å². The number of hydrogen-bond acceptors (Lipinski definition) is 3. The van der Waals surface area contributed by atoms with Gasteiger partial charge in [0.2, 0.25) is 0 Å². The van der Waals surface area contributed by atoms with Gasteiger partial charge in [0, 0.05) is 11.8 Å². The van der Waals surface area contributed by atoms with Crippen molar-refractivity contribution in [2.45, 2.75) is 6.61 Å². The van der Waals surface area contributed by atoms with Crippen LogP contribution >= 0.6 is 0 Å². The zero-order valence-corrected chi connectivity index (χ0v) is 13.0. The van der Waals surface area contributed by atoms with Gasteiger partial charge in [-0.3, -0.25) is 0 Å². The molecule has 0 fully saturated rings. The van der Waals surface area contributed by atoms with Crippen LogP contribution < -0.4 is 15.2 Å². The Kier molecular flexibility index (Phi) is 4.48. The second kappa shape index (κ2) is 6.88. The van der Waals surface area contributed by atoms with Gasteiger partial charge in [-0.1, -0.05) is 42.5 Å². The van der Waals surface area contributed by atoms with Crippen molar-refractivity contribution >= 4 is 5.69 Å². The Balaban J connectivity index is 1.87. The number of rotatable bonds is 5. The number of benzene rings is 3. The third-order valence-corrected chi connectivity index (χ3v) is 3.58. The van der Waals surface area contributed by atoms with Crippen LogP contribution in [-0.2, 0) is 6.61 Å². The lowest BCUT2D eigenvalue weighted by atomic mass is 10.0. The highest BCUT2D eigenvalue weighted by Gasteiger charge is 2.06. The van der Waals surface area contributed by atoms with E-state index in [2.05, 4.69) is 0 Å². The fourth-order valence-corrected chi connectivity index (χ4v) is 2.40. The van der Waals surface area contributed by atoms with Crippen molar-refractivity contribution in [1.29, 1.82) is 0 Å². The first-order chi connectivity index (χ1) is 11.2. The normalized spacial score (nSPS) is 10.3. The minimum absolute atomic E-state index is 0.518. The Bertz CT molecular complexity index is 785. The van der Waals surface area contributed by atoms with Crippen molar-refractivity contribution in [3.8, 4) is 22.6 Å². The van der Waals surface area contributed by atoms with E-state index in [1.54, 1.807) is 7.11 Å². The van der Waals surface area contributed by atoms with Crippen LogP contribution in [0.4, 0.5) is 5.69 Å². The lowest BCUT2D eigenvalue weighted by Crippen LogP contribution is -1.96. The minimum Gasteiger partial charge on any atom is -0.497 e. The van der Waals surface area contributed by atoms with Crippen LogP contribution in [-0.4, -0.2) is 7.11 Å². The zero-order valence-electron chi connectivity index (χ0n) is 13.0. The molecule has 3 rings (SSSR count). The molecule has 0 amide bonds. The molecule has 0 heterocycles. The quantitative estimate of drug-likeness (QED) is 0.705. The standard InChI is InChI=1S/C20H19NO2/c1-22-19-11-17(16-8-5-9-18(21)10-16)12-20(13-19)23-14-15-6-3-2-4-7-15/h2-13H,14,21H2,1H3. The summed E-state index contributed by atoms with van der Waals surface area (Å²) in [7, 11) is 1.65. The summed E-state index contributed by atoms with van der Waals surface area (Å²) >= 11 is 0. The van der Waals surface area contributed by atoms with E-state index in [4.69, 9.17) is 15.2 Å². The van der Waals surface area contributed by atoms with Gasteiger partial charge >= 0.3 is 0 Å². The second-order valence-electron chi connectivity index (χ2n) is 5.30. The van der Waals surface area contributed by atoms with E-state index in [1.165, 1.54) is 0 Å². The van der Waals surface area contributed by atoms with Crippen LogP contribution in [0.3, 0.4) is 0 Å². The highest BCUT2D eigenvalue weighted by molar-refractivity contribution is 5.70. The molecule has 0 spiro atoms. The summed E-state index contributed by atoms with van der Waals surface area (Å²) < 4.78 is 11.3. The summed E-state index contributed by atoms with van der Waals surface area (Å²) in [6.45, 7) is 0.518. The molecular formula is C20H19NO2. The van der Waals surface area contributed by atoms with Gasteiger partial charge in [-0.2, -0.15) is 0 Å². The molecule has 0 aliphatic rings. The van der Waals surface area contributed by atoms with Crippen LogP contribution in [0.1, 0.15) is 5.56 Å². The highest BCUT2D eigenvalue weighted by atomic mass is 16.5. The maximum absolute atomic E-state index is 5.92. The highest BCUT2D eigenvalue weighted by Crippen LogP contribution is 2.31. The molecule has 3 aromatic carbocycles. The van der Waals surface area contributed by atoms with E-state index < -0.39 is 0 Å². The zero-order chi connectivity index (χ0) is 16.1. The van der Waals surface area contributed by atoms with E-state index in [9.17, 15) is 0 Å². The Morgan fingerprint density at radius 1 is 0.783 bits per heavy atom. The smallest absolute Gasteiger partial charge is 0.124 e. The lowest BCUT2D eigenvalue weighted by Gasteiger charge is -2.11. The molecule has 2 N–H and O–H groups in total. The maximum atomic E-state index is 5.92. The molecule has 116 valence electrons. The van der Waals surface area contributed by atoms with Gasteiger partial charge in [0.25, 0.3) is 0 Å². The fourth-order valence-electron chi connectivity index (χ4n) is 2.40. The Morgan fingerprint density at radius 2 is 1.57 bits per heavy atom. The summed E-state index contributed by atoms with van der Waals surface area (Å²) in [5, 5.41) is 0. The summed E-state index contributed by atoms with van der Waals surface area (Å²) in [5.74, 6) is 1.53. The van der Waals surface area contributed by atoms with Gasteiger partial charge in [0.05, 0.1) is 7.11 Å². The number of methoxy groups -OCH3 is 1. The van der Waals surface area contributed by atoms with Gasteiger partial charge < -0.3 is 15.2 Å². The monoisotopic (exact) mass is 305 g/mol. The number of nitrogen functional groups attached to an aromatic ring is 1. The molecule has 0 atom stereocenters. The Morgan fingerprint density at radius 3 is 2.30 bits per heavy atom. The fraction of sp³-hybridized carbons (Fsp3) is 0.100. The van der Waals surface area contributed by atoms with E-state index in [-0.39, 0.29) is 0 Å². The Hall–Kier alpha value is -2.94. The maximum Gasteiger partial charge on any atom is 0.124 e. The molecule has 0 unspecified atom stereocenters. The van der Waals surface area contributed by atoms with Gasteiger partial charge in [-0.25, -0.2) is 0 Å². The first-order valence-electron chi connectivity index (χ1n) is 7.46. The molecule has 0 aliphatic carbocycles. The van der Waals surface area contributed by atoms with Gasteiger partial charge in [-0.15, -0.1) is 0 Å². The van der Waals surface area contributed by atoms with Crippen LogP contribution in [0, 0.1) is 0 Å². The van der Waals surface area contributed by atoms with E-state index >= 15 is 0 Å². The first-order valence-corrected chi connectivity index (χ1v) is 7.46. The molecule has 0 radical (unpaired) electrons. The van der Waals surface area contributed by atoms with Crippen molar-refractivity contribution in [3.63, 3.8) is 0 Å². The molecule has 0 aromatic heterocycles. The van der Waals surface area contributed by atoms with Crippen LogP contribution in [0.5, 0.6) is 11.5 Å². The summed E-state index contributed by atoms with van der Waals surface area (Å²) in [6, 6.07) is 23.7. The average molecular weight is 305 g/mol. The molecule has 0 saturated carbocycles. The third kappa shape index (κ3) is 3.83. The lowest BCUT2D eigenvalue weighted by molar-refractivity contribution is 0.304. The van der Waals surface area contributed by atoms with Crippen molar-refractivity contribution in [2.75, 3.05) is 12.8 Å². The molecule has 0 aliphatic heterocycles. The SMILES string of the molecule is COc1cc(OCc2ccccc2)cc(-c2cccc(N)c2)c1. The van der Waals surface area contributed by atoms with Crippen LogP contribution in [0.25, 0.3) is 11.1 Å². The molecular weight excluding hydrogens is 286 g/mol. The third-order valence-electron chi connectivity index (χ3n) is 3.58. The van der Waals surface area contributed by atoms with Crippen molar-refractivity contribution in [3.05, 3.63) is 78.4 Å². The molecule has 3 aromatic rings. The van der Waals surface area contributed by atoms with E-state index in [0.717, 1.165) is 33.9 Å². The number of ether oxygens (including phenoxy) is 2. The summed E-state index contributed by atoms with van der Waals surface area (Å²) in [5.41, 5.74) is 9.79. The van der Waals surface area contributed by atoms with Gasteiger partial charge in [0.15, 0.2) is 0 Å². The molecule has 0 bridgehead atoms. The predicted molar refractivity (Wildman–Crippen MR) is 93.6 cm³/mol. The molecule has 0 saturated heterocycles. The number of anilines is 1. The molecule has 23 heavy (non-hydrogen) atoms. The van der Waals surface area contributed by atoms with Crippen LogP contribution in [0.2, 0.25) is 0 Å². The van der Waals surface area contributed by atoms with Crippen molar-refractivity contribution < 1.29 is 9.47 Å². The first kappa shape index (κ1) is 15.0. The molecule has 3 nitrogen and oxygen atoms in total. The predicted octanol–water partition coefficient (Wildman–Crippen LogP) is 4.52. The average Bonchev–Trinajstić information content (AvgIpc) is 2.60. The largest absolute Gasteiger partial charge is 0.497 e. The van der Waals surface area contributed by atoms with Crippen LogP contribution in [0.15, 0.2) is 72.8 Å². The van der Waals surface area contributed by atoms with Crippen molar-refractivity contribution in [2.24, 2.45) is 0 Å². The van der Waals surface area contributed by atoms with Gasteiger partial charge in [0.1, 0.15) is 18.1 Å². The van der Waals surface area contributed by atoms with Gasteiger partial charge in [-0.05, 0) is 41.0 Å². The summed E-state index contributed by atoms with van der Waals surface area (Å²) in [6.07, 6.45) is 0. The topological polar surface area (TPSA) is 44.5 Å². The number of hydrogen-bond donors (Lipinski definition) is 1.